The number of alkyl halides is 2. The number of aryl methyl sites for hydroxylation is 4. The molecule has 37 heavy (non-hydrogen) atoms. The molecule has 0 radical (unpaired) electrons. The average Bonchev–Trinajstić information content (AvgIpc) is 2.88. The Morgan fingerprint density at radius 1 is 0.838 bits per heavy atom. The monoisotopic (exact) mass is 513 g/mol. The van der Waals surface area contributed by atoms with Crippen molar-refractivity contribution in [3.63, 3.8) is 0 Å². The molecule has 0 bridgehead atoms. The molecule has 1 heterocycles. The molecular formula is C29H24F5NO2. The van der Waals surface area contributed by atoms with Gasteiger partial charge in [-0.3, -0.25) is 4.98 Å². The fourth-order valence-corrected chi connectivity index (χ4v) is 4.04. The lowest BCUT2D eigenvalue weighted by atomic mass is 9.97. The smallest absolute Gasteiger partial charge is 0.387 e. The van der Waals surface area contributed by atoms with Gasteiger partial charge in [-0.25, -0.2) is 13.2 Å². The first-order chi connectivity index (χ1) is 17.8. The van der Waals surface area contributed by atoms with E-state index in [1.54, 1.807) is 24.4 Å². The maximum Gasteiger partial charge on any atom is 0.387 e. The molecule has 0 aliphatic heterocycles. The van der Waals surface area contributed by atoms with Crippen LogP contribution in [0, 0.1) is 17.5 Å². The van der Waals surface area contributed by atoms with E-state index in [1.165, 1.54) is 0 Å². The first kappa shape index (κ1) is 26.1. The highest BCUT2D eigenvalue weighted by atomic mass is 19.3. The molecule has 0 N–H and O–H groups in total. The molecule has 0 aliphatic rings. The third-order valence-electron chi connectivity index (χ3n) is 5.88. The zero-order valence-electron chi connectivity index (χ0n) is 19.8. The molecule has 3 aromatic carbocycles. The Bertz CT molecular complexity index is 1370. The summed E-state index contributed by atoms with van der Waals surface area (Å²) in [4.78, 5) is 4.40. The highest BCUT2D eigenvalue weighted by Gasteiger charge is 2.17. The van der Waals surface area contributed by atoms with Crippen molar-refractivity contribution in [1.82, 2.24) is 4.98 Å². The molecule has 8 heteroatoms. The van der Waals surface area contributed by atoms with Gasteiger partial charge in [-0.2, -0.15) is 8.78 Å². The van der Waals surface area contributed by atoms with Crippen LogP contribution in [0.3, 0.4) is 0 Å². The van der Waals surface area contributed by atoms with Crippen LogP contribution in [0.5, 0.6) is 11.5 Å². The van der Waals surface area contributed by atoms with Crippen LogP contribution in [-0.4, -0.2) is 18.2 Å². The van der Waals surface area contributed by atoms with E-state index in [-0.39, 0.29) is 18.4 Å². The van der Waals surface area contributed by atoms with E-state index in [1.807, 2.05) is 30.3 Å². The van der Waals surface area contributed by atoms with Crippen LogP contribution in [0.4, 0.5) is 22.0 Å². The van der Waals surface area contributed by atoms with Gasteiger partial charge in [0.05, 0.1) is 6.20 Å². The van der Waals surface area contributed by atoms with Crippen LogP contribution in [0.25, 0.3) is 10.8 Å². The molecule has 0 unspecified atom stereocenters. The Balaban J connectivity index is 1.41. The summed E-state index contributed by atoms with van der Waals surface area (Å²) in [5.74, 6) is -3.31. The topological polar surface area (TPSA) is 31.4 Å². The third-order valence-corrected chi connectivity index (χ3v) is 5.88. The maximum absolute atomic E-state index is 15.2. The van der Waals surface area contributed by atoms with Crippen LogP contribution in [0.1, 0.15) is 22.4 Å². The summed E-state index contributed by atoms with van der Waals surface area (Å²) >= 11 is 0. The molecule has 0 saturated carbocycles. The van der Waals surface area contributed by atoms with E-state index in [9.17, 15) is 17.6 Å². The molecule has 3 nitrogen and oxygen atoms in total. The first-order valence-electron chi connectivity index (χ1n) is 11.7. The van der Waals surface area contributed by atoms with Gasteiger partial charge in [0, 0.05) is 11.1 Å². The minimum absolute atomic E-state index is 0.119. The van der Waals surface area contributed by atoms with Gasteiger partial charge in [-0.1, -0.05) is 43.0 Å². The molecule has 1 aromatic heterocycles. The minimum atomic E-state index is -3.34. The fourth-order valence-electron chi connectivity index (χ4n) is 4.04. The summed E-state index contributed by atoms with van der Waals surface area (Å²) in [5.41, 5.74) is 2.54. The molecule has 0 atom stereocenters. The Morgan fingerprint density at radius 3 is 2.27 bits per heavy atom. The molecule has 0 fully saturated rings. The Labute approximate surface area is 211 Å². The van der Waals surface area contributed by atoms with Crippen molar-refractivity contribution in [1.29, 1.82) is 0 Å². The maximum atomic E-state index is 15.2. The Hall–Kier alpha value is -3.94. The van der Waals surface area contributed by atoms with Crippen LogP contribution in [0.2, 0.25) is 0 Å². The molecular weight excluding hydrogens is 489 g/mol. The van der Waals surface area contributed by atoms with Crippen molar-refractivity contribution in [2.24, 2.45) is 0 Å². The molecule has 0 saturated heterocycles. The number of halogens is 5. The number of nitrogens with zero attached hydrogens (tertiary/aromatic N) is 1. The zero-order chi connectivity index (χ0) is 26.4. The van der Waals surface area contributed by atoms with Gasteiger partial charge in [0.1, 0.15) is 18.2 Å². The van der Waals surface area contributed by atoms with Crippen LogP contribution in [-0.2, 0) is 25.7 Å². The fraction of sp³-hybridized carbons (Fsp3) is 0.207. The van der Waals surface area contributed by atoms with Crippen LogP contribution >= 0.6 is 0 Å². The van der Waals surface area contributed by atoms with Gasteiger partial charge in [0.25, 0.3) is 0 Å². The summed E-state index contributed by atoms with van der Waals surface area (Å²) in [6.45, 7) is 0.685. The average molecular weight is 514 g/mol. The molecule has 192 valence electrons. The van der Waals surface area contributed by atoms with Crippen LogP contribution in [0.15, 0.2) is 73.4 Å². The normalized spacial score (nSPS) is 11.2. The number of benzene rings is 3. The minimum Gasteiger partial charge on any atom is -0.488 e. The van der Waals surface area contributed by atoms with Gasteiger partial charge >= 0.3 is 6.61 Å². The summed E-state index contributed by atoms with van der Waals surface area (Å²) in [6.07, 6.45) is 5.06. The standard InChI is InChI=1S/C29H24F5NO2/c1-2-13-36-23-11-10-22(35-17-23)9-4-18-5-12-24-21(14-18)8-7-20(27(24)32)6-3-19-15-25(30)28(26(31)16-19)37-29(33)34/h2,5,7-8,10-12,14-17,29H,1,3-4,6,9,13H2. The number of fused-ring (bicyclic) bond motifs is 1. The Morgan fingerprint density at radius 2 is 1.59 bits per heavy atom. The summed E-state index contributed by atoms with van der Waals surface area (Å²) < 4.78 is 77.0. The number of hydrogen-bond donors (Lipinski definition) is 0. The highest BCUT2D eigenvalue weighted by Crippen LogP contribution is 2.27. The lowest BCUT2D eigenvalue weighted by Crippen LogP contribution is -2.06. The first-order valence-corrected chi connectivity index (χ1v) is 11.7. The molecule has 0 amide bonds. The SMILES string of the molecule is C=CCOc1ccc(CCc2ccc3c(F)c(CCc4cc(F)c(OC(F)F)c(F)c4)ccc3c2)nc1. The summed E-state index contributed by atoms with van der Waals surface area (Å²) in [6, 6.07) is 14.6. The van der Waals surface area contributed by atoms with Crippen LogP contribution < -0.4 is 9.47 Å². The number of aromatic nitrogens is 1. The lowest BCUT2D eigenvalue weighted by molar-refractivity contribution is -0.0546. The third kappa shape index (κ3) is 6.64. The van der Waals surface area contributed by atoms with Crippen molar-refractivity contribution in [3.8, 4) is 11.5 Å². The van der Waals surface area contributed by atoms with E-state index < -0.39 is 29.8 Å². The van der Waals surface area contributed by atoms with Crippen molar-refractivity contribution >= 4 is 10.8 Å². The second kappa shape index (κ2) is 11.9. The molecule has 0 aliphatic carbocycles. The zero-order valence-corrected chi connectivity index (χ0v) is 19.8. The summed E-state index contributed by atoms with van der Waals surface area (Å²) in [5, 5.41) is 1.19. The predicted molar refractivity (Wildman–Crippen MR) is 132 cm³/mol. The lowest BCUT2D eigenvalue weighted by Gasteiger charge is -2.11. The van der Waals surface area contributed by atoms with E-state index in [4.69, 9.17) is 4.74 Å². The van der Waals surface area contributed by atoms with Crippen molar-refractivity contribution in [2.45, 2.75) is 32.3 Å². The quantitative estimate of drug-likeness (QED) is 0.155. The summed E-state index contributed by atoms with van der Waals surface area (Å²) in [7, 11) is 0. The number of rotatable bonds is 11. The largest absolute Gasteiger partial charge is 0.488 e. The van der Waals surface area contributed by atoms with Crippen molar-refractivity contribution in [3.05, 3.63) is 113 Å². The highest BCUT2D eigenvalue weighted by molar-refractivity contribution is 5.84. The van der Waals surface area contributed by atoms with Crippen molar-refractivity contribution < 1.29 is 31.4 Å². The number of pyridine rings is 1. The predicted octanol–water partition coefficient (Wildman–Crippen LogP) is 7.39. The van der Waals surface area contributed by atoms with E-state index in [2.05, 4.69) is 16.3 Å². The number of hydrogen-bond acceptors (Lipinski definition) is 3. The molecule has 4 rings (SSSR count). The molecule has 0 spiro atoms. The van der Waals surface area contributed by atoms with Gasteiger partial charge in [-0.15, -0.1) is 0 Å². The van der Waals surface area contributed by atoms with Gasteiger partial charge in [0.2, 0.25) is 0 Å². The van der Waals surface area contributed by atoms with E-state index in [0.29, 0.717) is 29.7 Å². The van der Waals surface area contributed by atoms with E-state index >= 15 is 4.39 Å². The molecule has 4 aromatic rings. The number of ether oxygens (including phenoxy) is 2. The van der Waals surface area contributed by atoms with Crippen molar-refractivity contribution in [2.75, 3.05) is 6.61 Å². The second-order valence-corrected chi connectivity index (χ2v) is 8.45. The van der Waals surface area contributed by atoms with Gasteiger partial charge in [0.15, 0.2) is 17.4 Å². The Kier molecular flexibility index (Phi) is 8.38. The van der Waals surface area contributed by atoms with E-state index in [0.717, 1.165) is 35.2 Å². The van der Waals surface area contributed by atoms with Gasteiger partial charge < -0.3 is 9.47 Å². The second-order valence-electron chi connectivity index (χ2n) is 8.45. The van der Waals surface area contributed by atoms with Gasteiger partial charge in [-0.05, 0) is 72.0 Å².